The van der Waals surface area contributed by atoms with Crippen molar-refractivity contribution >= 4 is 28.3 Å². The Morgan fingerprint density at radius 2 is 2.15 bits per heavy atom. The molecule has 4 heterocycles. The summed E-state index contributed by atoms with van der Waals surface area (Å²) in [7, 11) is 0. The van der Waals surface area contributed by atoms with Gasteiger partial charge in [0.25, 0.3) is 0 Å². The molecule has 4 rings (SSSR count). The van der Waals surface area contributed by atoms with Gasteiger partial charge < -0.3 is 30.5 Å². The largest absolute Gasteiger partial charge is 0.463 e. The third-order valence-electron chi connectivity index (χ3n) is 4.38. The van der Waals surface area contributed by atoms with E-state index in [4.69, 9.17) is 15.2 Å². The molecule has 0 amide bonds. The van der Waals surface area contributed by atoms with E-state index in [1.54, 1.807) is 11.3 Å². The zero-order valence-corrected chi connectivity index (χ0v) is 15.0. The maximum Gasteiger partial charge on any atom is 0.320 e. The first-order valence-electron chi connectivity index (χ1n) is 8.36. The average molecular weight is 393 g/mol. The number of hydrogen-bond donors (Lipinski definition) is 4. The number of anilines is 1. The molecule has 3 aromatic heterocycles. The highest BCUT2D eigenvalue weighted by atomic mass is 32.1. The Bertz CT molecular complexity index is 917. The third kappa shape index (κ3) is 3.35. The highest BCUT2D eigenvalue weighted by Gasteiger charge is 2.44. The molecule has 144 valence electrons. The zero-order chi connectivity index (χ0) is 19.0. The number of fused-ring (bicyclic) bond motifs is 1. The molecule has 1 aliphatic rings. The number of nitrogens with two attached hydrogens (primary N) is 1. The highest BCUT2D eigenvalue weighted by Crippen LogP contribution is 2.32. The summed E-state index contributed by atoms with van der Waals surface area (Å²) >= 11 is 1.64. The molecular weight excluding hydrogens is 374 g/mol. The van der Waals surface area contributed by atoms with Gasteiger partial charge in [0.2, 0.25) is 0 Å². The minimum Gasteiger partial charge on any atom is -0.463 e. The highest BCUT2D eigenvalue weighted by molar-refractivity contribution is 7.09. The van der Waals surface area contributed by atoms with Crippen LogP contribution in [0.5, 0.6) is 6.01 Å². The van der Waals surface area contributed by atoms with Crippen molar-refractivity contribution in [1.82, 2.24) is 19.5 Å². The van der Waals surface area contributed by atoms with Gasteiger partial charge in [-0.15, -0.1) is 11.3 Å². The van der Waals surface area contributed by atoms with Crippen molar-refractivity contribution in [2.24, 2.45) is 0 Å². The Labute approximate surface area is 157 Å². The van der Waals surface area contributed by atoms with Crippen molar-refractivity contribution in [1.29, 1.82) is 0 Å². The van der Waals surface area contributed by atoms with E-state index in [1.807, 2.05) is 17.5 Å². The van der Waals surface area contributed by atoms with Gasteiger partial charge >= 0.3 is 6.01 Å². The van der Waals surface area contributed by atoms with Crippen molar-refractivity contribution < 1.29 is 24.8 Å². The fourth-order valence-corrected chi connectivity index (χ4v) is 3.67. The molecule has 0 aromatic carbocycles. The SMILES string of the molecule is Nc1nc(OCCc2cccs2)nc2c1ncn2[C@@H]1O[C@H](CO)C(O)C1O. The number of aliphatic hydroxyl groups is 3. The standard InChI is InChI=1S/C16H19N5O5S/c17-13-10-14(20-16(19-13)25-4-3-8-2-1-5-27-8)21(7-18-10)15-12(24)11(23)9(6-22)26-15/h1-2,5,7,9,11-12,15,22-24H,3-4,6H2,(H2,17,19,20)/t9-,11?,12?,15-/m1/s1. The molecule has 1 saturated heterocycles. The number of ether oxygens (including phenoxy) is 2. The molecule has 4 atom stereocenters. The van der Waals surface area contributed by atoms with E-state index >= 15 is 0 Å². The summed E-state index contributed by atoms with van der Waals surface area (Å²) in [6.07, 6.45) is -2.23. The number of aliphatic hydroxyl groups excluding tert-OH is 3. The van der Waals surface area contributed by atoms with E-state index in [9.17, 15) is 15.3 Å². The summed E-state index contributed by atoms with van der Waals surface area (Å²) in [4.78, 5) is 13.8. The Balaban J connectivity index is 1.58. The molecule has 0 spiro atoms. The molecule has 1 fully saturated rings. The van der Waals surface area contributed by atoms with Crippen molar-refractivity contribution in [3.8, 4) is 6.01 Å². The number of imidazole rings is 1. The first-order chi connectivity index (χ1) is 13.1. The predicted molar refractivity (Wildman–Crippen MR) is 96.3 cm³/mol. The Morgan fingerprint density at radius 3 is 2.85 bits per heavy atom. The second kappa shape index (κ2) is 7.37. The van der Waals surface area contributed by atoms with Crippen molar-refractivity contribution in [2.45, 2.75) is 31.0 Å². The molecule has 0 radical (unpaired) electrons. The van der Waals surface area contributed by atoms with Crippen LogP contribution >= 0.6 is 11.3 Å². The van der Waals surface area contributed by atoms with Crippen molar-refractivity contribution in [3.05, 3.63) is 28.7 Å². The van der Waals surface area contributed by atoms with E-state index < -0.39 is 31.1 Å². The lowest BCUT2D eigenvalue weighted by Gasteiger charge is -2.16. The Kier molecular flexibility index (Phi) is 4.93. The summed E-state index contributed by atoms with van der Waals surface area (Å²) in [5.74, 6) is 0.136. The second-order valence-electron chi connectivity index (χ2n) is 6.12. The normalized spacial score (nSPS) is 25.3. The van der Waals surface area contributed by atoms with Crippen LogP contribution in [0.4, 0.5) is 5.82 Å². The number of nitrogen functional groups attached to an aromatic ring is 1. The van der Waals surface area contributed by atoms with Crippen LogP contribution in [0.2, 0.25) is 0 Å². The predicted octanol–water partition coefficient (Wildman–Crippen LogP) is -0.297. The van der Waals surface area contributed by atoms with Gasteiger partial charge in [0, 0.05) is 11.3 Å². The second-order valence-corrected chi connectivity index (χ2v) is 7.15. The number of nitrogens with zero attached hydrogens (tertiary/aromatic N) is 4. The van der Waals surface area contributed by atoms with Crippen LogP contribution in [-0.2, 0) is 11.2 Å². The van der Waals surface area contributed by atoms with Gasteiger partial charge in [-0.2, -0.15) is 9.97 Å². The molecule has 11 heteroatoms. The maximum atomic E-state index is 10.2. The third-order valence-corrected chi connectivity index (χ3v) is 5.32. The summed E-state index contributed by atoms with van der Waals surface area (Å²) in [6.45, 7) is -0.0387. The zero-order valence-electron chi connectivity index (χ0n) is 14.2. The molecular formula is C16H19N5O5S. The summed E-state index contributed by atoms with van der Waals surface area (Å²) in [5, 5.41) is 31.5. The van der Waals surface area contributed by atoms with Crippen LogP contribution in [0.25, 0.3) is 11.2 Å². The molecule has 27 heavy (non-hydrogen) atoms. The number of hydrogen-bond acceptors (Lipinski definition) is 10. The van der Waals surface area contributed by atoms with Gasteiger partial charge in [-0.05, 0) is 11.4 Å². The summed E-state index contributed by atoms with van der Waals surface area (Å²) in [5.41, 5.74) is 6.59. The van der Waals surface area contributed by atoms with E-state index in [0.29, 0.717) is 24.2 Å². The van der Waals surface area contributed by atoms with Gasteiger partial charge in [-0.3, -0.25) is 4.57 Å². The van der Waals surface area contributed by atoms with Crippen LogP contribution in [0.1, 0.15) is 11.1 Å². The van der Waals surface area contributed by atoms with E-state index in [1.165, 1.54) is 15.8 Å². The molecule has 0 saturated carbocycles. The molecule has 0 aliphatic carbocycles. The van der Waals surface area contributed by atoms with Gasteiger partial charge in [-0.25, -0.2) is 4.98 Å². The molecule has 10 nitrogen and oxygen atoms in total. The Morgan fingerprint density at radius 1 is 1.30 bits per heavy atom. The smallest absolute Gasteiger partial charge is 0.320 e. The van der Waals surface area contributed by atoms with Gasteiger partial charge in [0.1, 0.15) is 18.3 Å². The fourth-order valence-electron chi connectivity index (χ4n) is 2.98. The summed E-state index contributed by atoms with van der Waals surface area (Å²) < 4.78 is 12.6. The summed E-state index contributed by atoms with van der Waals surface area (Å²) in [6, 6.07) is 4.08. The van der Waals surface area contributed by atoms with Gasteiger partial charge in [0.05, 0.1) is 19.5 Å². The molecule has 2 unspecified atom stereocenters. The Hall–Kier alpha value is -2.31. The first kappa shape index (κ1) is 18.1. The molecule has 5 N–H and O–H groups in total. The van der Waals surface area contributed by atoms with Crippen LogP contribution in [0, 0.1) is 0 Å². The number of rotatable bonds is 6. The lowest BCUT2D eigenvalue weighted by molar-refractivity contribution is -0.0511. The minimum absolute atomic E-state index is 0.0880. The van der Waals surface area contributed by atoms with Crippen molar-refractivity contribution in [3.63, 3.8) is 0 Å². The van der Waals surface area contributed by atoms with Crippen molar-refractivity contribution in [2.75, 3.05) is 18.9 Å². The topological polar surface area (TPSA) is 149 Å². The van der Waals surface area contributed by atoms with Gasteiger partial charge in [-0.1, -0.05) is 6.07 Å². The first-order valence-corrected chi connectivity index (χ1v) is 9.24. The average Bonchev–Trinajstić information content (AvgIpc) is 3.37. The monoisotopic (exact) mass is 393 g/mol. The maximum absolute atomic E-state index is 10.2. The lowest BCUT2D eigenvalue weighted by atomic mass is 10.1. The minimum atomic E-state index is -1.25. The van der Waals surface area contributed by atoms with Gasteiger partial charge in [0.15, 0.2) is 23.2 Å². The number of thiophene rings is 1. The van der Waals surface area contributed by atoms with E-state index in [-0.39, 0.29) is 11.8 Å². The lowest BCUT2D eigenvalue weighted by Crippen LogP contribution is -2.33. The van der Waals surface area contributed by atoms with Crippen LogP contribution in [0.3, 0.4) is 0 Å². The van der Waals surface area contributed by atoms with E-state index in [2.05, 4.69) is 15.0 Å². The quantitative estimate of drug-likeness (QED) is 0.443. The van der Waals surface area contributed by atoms with E-state index in [0.717, 1.165) is 0 Å². The fraction of sp³-hybridized carbons (Fsp3) is 0.438. The number of aromatic nitrogens is 4. The molecule has 0 bridgehead atoms. The molecule has 3 aromatic rings. The van der Waals surface area contributed by atoms with Crippen LogP contribution in [0.15, 0.2) is 23.8 Å². The van der Waals surface area contributed by atoms with Crippen LogP contribution < -0.4 is 10.5 Å². The van der Waals surface area contributed by atoms with Crippen LogP contribution in [-0.4, -0.2) is 66.4 Å². The molecule has 1 aliphatic heterocycles.